The average Bonchev–Trinajstić information content (AvgIpc) is 2.44. The predicted octanol–water partition coefficient (Wildman–Crippen LogP) is 2.66. The first-order chi connectivity index (χ1) is 10.1. The summed E-state index contributed by atoms with van der Waals surface area (Å²) < 4.78 is 31.7. The first kappa shape index (κ1) is 18.4. The summed E-state index contributed by atoms with van der Waals surface area (Å²) in [5.41, 5.74) is -0.214. The van der Waals surface area contributed by atoms with E-state index in [1.54, 1.807) is 0 Å². The molecular weight excluding hydrogens is 308 g/mol. The van der Waals surface area contributed by atoms with Gasteiger partial charge in [-0.15, -0.1) is 0 Å². The van der Waals surface area contributed by atoms with Crippen LogP contribution >= 0.6 is 0 Å². The van der Waals surface area contributed by atoms with Gasteiger partial charge in [0.25, 0.3) is 5.69 Å². The maximum absolute atomic E-state index is 12.7. The van der Waals surface area contributed by atoms with Crippen molar-refractivity contribution in [3.05, 3.63) is 28.3 Å². The second-order valence-corrected chi connectivity index (χ2v) is 7.56. The lowest BCUT2D eigenvalue weighted by Gasteiger charge is -2.26. The van der Waals surface area contributed by atoms with E-state index < -0.39 is 14.9 Å². The zero-order valence-electron chi connectivity index (χ0n) is 13.4. The molecule has 7 nitrogen and oxygen atoms in total. The summed E-state index contributed by atoms with van der Waals surface area (Å²) in [7, 11) is -0.993. The molecule has 0 radical (unpaired) electrons. The molecule has 0 amide bonds. The Balaban J connectivity index is 3.25. The molecule has 0 bridgehead atoms. The molecular formula is C14H22N2O5S. The number of hydrogen-bond acceptors (Lipinski definition) is 5. The van der Waals surface area contributed by atoms with Gasteiger partial charge >= 0.3 is 0 Å². The highest BCUT2D eigenvalue weighted by Gasteiger charge is 2.29. The minimum Gasteiger partial charge on any atom is -0.495 e. The smallest absolute Gasteiger partial charge is 0.273 e. The van der Waals surface area contributed by atoms with Crippen molar-refractivity contribution in [1.29, 1.82) is 0 Å². The van der Waals surface area contributed by atoms with Gasteiger partial charge in [-0.05, 0) is 25.3 Å². The fraction of sp³-hybridized carbons (Fsp3) is 0.571. The van der Waals surface area contributed by atoms with E-state index in [0.717, 1.165) is 12.1 Å². The molecule has 8 heteroatoms. The zero-order valence-corrected chi connectivity index (χ0v) is 14.3. The van der Waals surface area contributed by atoms with E-state index in [1.165, 1.54) is 24.5 Å². The monoisotopic (exact) mass is 330 g/mol. The van der Waals surface area contributed by atoms with Gasteiger partial charge in [0.15, 0.2) is 0 Å². The van der Waals surface area contributed by atoms with Gasteiger partial charge in [0.2, 0.25) is 10.0 Å². The topological polar surface area (TPSA) is 89.7 Å². The molecule has 1 aromatic carbocycles. The van der Waals surface area contributed by atoms with Crippen LogP contribution in [0, 0.1) is 16.0 Å². The van der Waals surface area contributed by atoms with Crippen LogP contribution in [-0.4, -0.2) is 37.8 Å². The molecule has 0 fully saturated rings. The molecule has 0 saturated carbocycles. The van der Waals surface area contributed by atoms with Crippen molar-refractivity contribution in [3.8, 4) is 5.75 Å². The van der Waals surface area contributed by atoms with Crippen LogP contribution in [0.5, 0.6) is 5.75 Å². The van der Waals surface area contributed by atoms with E-state index in [-0.39, 0.29) is 22.4 Å². The van der Waals surface area contributed by atoms with Gasteiger partial charge in [-0.3, -0.25) is 10.1 Å². The van der Waals surface area contributed by atoms with Gasteiger partial charge in [-0.25, -0.2) is 8.42 Å². The molecule has 124 valence electrons. The summed E-state index contributed by atoms with van der Waals surface area (Å²) in [5, 5.41) is 10.8. The van der Waals surface area contributed by atoms with Crippen LogP contribution in [0.1, 0.15) is 27.2 Å². The molecule has 0 saturated heterocycles. The van der Waals surface area contributed by atoms with Gasteiger partial charge in [-0.2, -0.15) is 4.31 Å². The lowest BCUT2D eigenvalue weighted by Crippen LogP contribution is -2.36. The lowest BCUT2D eigenvalue weighted by molar-refractivity contribution is -0.385. The van der Waals surface area contributed by atoms with Crippen molar-refractivity contribution in [3.63, 3.8) is 0 Å². The second kappa shape index (κ2) is 7.06. The van der Waals surface area contributed by atoms with Crippen LogP contribution in [0.4, 0.5) is 5.69 Å². The van der Waals surface area contributed by atoms with Gasteiger partial charge in [0, 0.05) is 19.2 Å². The molecule has 0 heterocycles. The van der Waals surface area contributed by atoms with Crippen molar-refractivity contribution in [2.45, 2.75) is 38.1 Å². The quantitative estimate of drug-likeness (QED) is 0.566. The Morgan fingerprint density at radius 1 is 1.32 bits per heavy atom. The highest BCUT2D eigenvalue weighted by Crippen LogP contribution is 2.31. The maximum atomic E-state index is 12.7. The van der Waals surface area contributed by atoms with Crippen molar-refractivity contribution in [2.24, 2.45) is 5.92 Å². The van der Waals surface area contributed by atoms with Crippen LogP contribution in [0.3, 0.4) is 0 Å². The van der Waals surface area contributed by atoms with E-state index in [4.69, 9.17) is 4.74 Å². The third-order valence-corrected chi connectivity index (χ3v) is 5.46. The molecule has 0 aromatic heterocycles. The van der Waals surface area contributed by atoms with E-state index in [1.807, 2.05) is 20.8 Å². The SMILES string of the molecule is COc1cc([N+](=O)[O-])ccc1S(=O)(=O)N(C)[C@@H](C)CC(C)C. The normalized spacial score (nSPS) is 13.4. The van der Waals surface area contributed by atoms with E-state index >= 15 is 0 Å². The maximum Gasteiger partial charge on any atom is 0.273 e. The standard InChI is InChI=1S/C14H22N2O5S/c1-10(2)8-11(3)15(4)22(19,20)14-7-6-12(16(17)18)9-13(14)21-5/h6-7,9-11H,8H2,1-5H3/t11-/m0/s1. The summed E-state index contributed by atoms with van der Waals surface area (Å²) in [4.78, 5) is 10.1. The second-order valence-electron chi connectivity index (χ2n) is 5.59. The number of methoxy groups -OCH3 is 1. The molecule has 0 aliphatic heterocycles. The van der Waals surface area contributed by atoms with Crippen LogP contribution in [-0.2, 0) is 10.0 Å². The Hall–Kier alpha value is -1.67. The van der Waals surface area contributed by atoms with Crippen molar-refractivity contribution in [1.82, 2.24) is 4.31 Å². The third-order valence-electron chi connectivity index (χ3n) is 3.45. The van der Waals surface area contributed by atoms with Crippen LogP contribution in [0.2, 0.25) is 0 Å². The number of nitro benzene ring substituents is 1. The molecule has 0 N–H and O–H groups in total. The van der Waals surface area contributed by atoms with Gasteiger partial charge in [-0.1, -0.05) is 13.8 Å². The Kier molecular flexibility index (Phi) is 5.90. The number of hydrogen-bond donors (Lipinski definition) is 0. The van der Waals surface area contributed by atoms with E-state index in [0.29, 0.717) is 12.3 Å². The number of rotatable bonds is 7. The lowest BCUT2D eigenvalue weighted by atomic mass is 10.1. The van der Waals surface area contributed by atoms with E-state index in [2.05, 4.69) is 0 Å². The average molecular weight is 330 g/mol. The van der Waals surface area contributed by atoms with E-state index in [9.17, 15) is 18.5 Å². The number of nitro groups is 1. The molecule has 1 atom stereocenters. The van der Waals surface area contributed by atoms with Crippen LogP contribution in [0.25, 0.3) is 0 Å². The van der Waals surface area contributed by atoms with Crippen LogP contribution in [0.15, 0.2) is 23.1 Å². The molecule has 0 spiro atoms. The summed E-state index contributed by atoms with van der Waals surface area (Å²) in [6.07, 6.45) is 0.713. The number of benzene rings is 1. The zero-order chi connectivity index (χ0) is 17.1. The van der Waals surface area contributed by atoms with Crippen LogP contribution < -0.4 is 4.74 Å². The minimum absolute atomic E-state index is 0.0298. The number of nitrogens with zero attached hydrogens (tertiary/aromatic N) is 2. The van der Waals surface area contributed by atoms with Gasteiger partial charge < -0.3 is 4.74 Å². The van der Waals surface area contributed by atoms with Gasteiger partial charge in [0.1, 0.15) is 10.6 Å². The Morgan fingerprint density at radius 2 is 1.91 bits per heavy atom. The Labute approximate surface area is 131 Å². The molecule has 22 heavy (non-hydrogen) atoms. The summed E-state index contributed by atoms with van der Waals surface area (Å²) in [6, 6.07) is 3.31. The molecule has 0 unspecified atom stereocenters. The minimum atomic E-state index is -3.78. The summed E-state index contributed by atoms with van der Waals surface area (Å²) >= 11 is 0. The molecule has 0 aliphatic rings. The summed E-state index contributed by atoms with van der Waals surface area (Å²) in [5.74, 6) is 0.323. The Bertz CT molecular complexity index is 643. The number of non-ortho nitro benzene ring substituents is 1. The van der Waals surface area contributed by atoms with Crippen molar-refractivity contribution < 1.29 is 18.1 Å². The molecule has 0 aliphatic carbocycles. The number of sulfonamides is 1. The largest absolute Gasteiger partial charge is 0.495 e. The highest BCUT2D eigenvalue weighted by atomic mass is 32.2. The fourth-order valence-corrected chi connectivity index (χ4v) is 3.71. The fourth-order valence-electron chi connectivity index (χ4n) is 2.21. The Morgan fingerprint density at radius 3 is 2.36 bits per heavy atom. The first-order valence-corrected chi connectivity index (χ1v) is 8.35. The number of ether oxygens (including phenoxy) is 1. The highest BCUT2D eigenvalue weighted by molar-refractivity contribution is 7.89. The van der Waals surface area contributed by atoms with Crippen molar-refractivity contribution in [2.75, 3.05) is 14.2 Å². The van der Waals surface area contributed by atoms with Crippen molar-refractivity contribution >= 4 is 15.7 Å². The first-order valence-electron chi connectivity index (χ1n) is 6.91. The van der Waals surface area contributed by atoms with Gasteiger partial charge in [0.05, 0.1) is 18.1 Å². The predicted molar refractivity (Wildman–Crippen MR) is 83.5 cm³/mol. The molecule has 1 rings (SSSR count). The molecule has 1 aromatic rings. The summed E-state index contributed by atoms with van der Waals surface area (Å²) in [6.45, 7) is 5.86. The third kappa shape index (κ3) is 3.95.